The minimum atomic E-state index is -0.499. The van der Waals surface area contributed by atoms with Crippen molar-refractivity contribution in [3.63, 3.8) is 0 Å². The van der Waals surface area contributed by atoms with Crippen LogP contribution in [0.1, 0.15) is 13.3 Å². The van der Waals surface area contributed by atoms with E-state index in [9.17, 15) is 4.39 Å². The summed E-state index contributed by atoms with van der Waals surface area (Å²) in [6.45, 7) is 2.78. The van der Waals surface area contributed by atoms with Gasteiger partial charge in [0, 0.05) is 19.8 Å². The van der Waals surface area contributed by atoms with E-state index in [4.69, 9.17) is 0 Å². The van der Waals surface area contributed by atoms with Gasteiger partial charge in [0.2, 0.25) is 5.95 Å². The van der Waals surface area contributed by atoms with E-state index < -0.39 is 5.82 Å². The van der Waals surface area contributed by atoms with Gasteiger partial charge in [-0.15, -0.1) is 0 Å². The number of nitrogens with zero attached hydrogens (tertiary/aromatic N) is 4. The molecule has 7 heteroatoms. The standard InChI is InChI=1S/C11H15FN6/c1-3-4-13-11-14-6-9(12)10(17-11)16-8-5-15-18(2)7-8/h5-7H,3-4H2,1-2H3,(H2,13,14,16,17). The average molecular weight is 250 g/mol. The Morgan fingerprint density at radius 1 is 1.39 bits per heavy atom. The first-order valence-electron chi connectivity index (χ1n) is 5.71. The van der Waals surface area contributed by atoms with Crippen LogP contribution in [-0.2, 0) is 7.05 Å². The molecule has 0 aliphatic carbocycles. The Balaban J connectivity index is 2.15. The van der Waals surface area contributed by atoms with Crippen LogP contribution in [0.2, 0.25) is 0 Å². The van der Waals surface area contributed by atoms with Gasteiger partial charge in [0.05, 0.1) is 18.1 Å². The molecule has 2 rings (SSSR count). The third-order valence-electron chi connectivity index (χ3n) is 2.24. The Labute approximate surface area is 104 Å². The van der Waals surface area contributed by atoms with Crippen LogP contribution in [0.5, 0.6) is 0 Å². The number of nitrogens with one attached hydrogen (secondary N) is 2. The van der Waals surface area contributed by atoms with E-state index in [0.29, 0.717) is 11.6 Å². The third-order valence-corrected chi connectivity index (χ3v) is 2.24. The Morgan fingerprint density at radius 3 is 2.89 bits per heavy atom. The maximum absolute atomic E-state index is 13.5. The summed E-state index contributed by atoms with van der Waals surface area (Å²) in [5, 5.41) is 9.85. The molecule has 0 aliphatic rings. The normalized spacial score (nSPS) is 10.4. The number of hydrogen-bond acceptors (Lipinski definition) is 5. The van der Waals surface area contributed by atoms with Crippen molar-refractivity contribution >= 4 is 17.5 Å². The van der Waals surface area contributed by atoms with Gasteiger partial charge >= 0.3 is 0 Å². The molecule has 0 radical (unpaired) electrons. The monoisotopic (exact) mass is 250 g/mol. The lowest BCUT2D eigenvalue weighted by Crippen LogP contribution is -2.07. The van der Waals surface area contributed by atoms with Crippen LogP contribution in [0.25, 0.3) is 0 Å². The Kier molecular flexibility index (Phi) is 3.71. The van der Waals surface area contributed by atoms with Crippen LogP contribution in [0.4, 0.5) is 21.8 Å². The van der Waals surface area contributed by atoms with Crippen molar-refractivity contribution in [2.24, 2.45) is 7.05 Å². The van der Waals surface area contributed by atoms with Crippen molar-refractivity contribution in [3.8, 4) is 0 Å². The maximum Gasteiger partial charge on any atom is 0.224 e. The zero-order valence-corrected chi connectivity index (χ0v) is 10.3. The fraction of sp³-hybridized carbons (Fsp3) is 0.364. The van der Waals surface area contributed by atoms with Crippen molar-refractivity contribution in [3.05, 3.63) is 24.4 Å². The molecule has 0 unspecified atom stereocenters. The first-order chi connectivity index (χ1) is 8.69. The fourth-order valence-corrected chi connectivity index (χ4v) is 1.40. The summed E-state index contributed by atoms with van der Waals surface area (Å²) >= 11 is 0. The summed E-state index contributed by atoms with van der Waals surface area (Å²) in [6.07, 6.45) is 5.43. The number of aryl methyl sites for hydroxylation is 1. The smallest absolute Gasteiger partial charge is 0.224 e. The van der Waals surface area contributed by atoms with E-state index in [2.05, 4.69) is 25.7 Å². The summed E-state index contributed by atoms with van der Waals surface area (Å²) in [4.78, 5) is 7.93. The molecule has 96 valence electrons. The van der Waals surface area contributed by atoms with E-state index >= 15 is 0 Å². The lowest BCUT2D eigenvalue weighted by atomic mass is 10.4. The second kappa shape index (κ2) is 5.44. The highest BCUT2D eigenvalue weighted by atomic mass is 19.1. The first-order valence-corrected chi connectivity index (χ1v) is 5.71. The van der Waals surface area contributed by atoms with Gasteiger partial charge in [-0.25, -0.2) is 9.37 Å². The molecular weight excluding hydrogens is 235 g/mol. The van der Waals surface area contributed by atoms with E-state index in [1.165, 1.54) is 0 Å². The lowest BCUT2D eigenvalue weighted by molar-refractivity contribution is 0.619. The molecule has 2 N–H and O–H groups in total. The van der Waals surface area contributed by atoms with Gasteiger partial charge in [0.25, 0.3) is 0 Å². The predicted molar refractivity (Wildman–Crippen MR) is 67.3 cm³/mol. The quantitative estimate of drug-likeness (QED) is 0.848. The van der Waals surface area contributed by atoms with Gasteiger partial charge in [-0.3, -0.25) is 4.68 Å². The predicted octanol–water partition coefficient (Wildman–Crippen LogP) is 1.91. The molecule has 0 saturated carbocycles. The second-order valence-corrected chi connectivity index (χ2v) is 3.84. The van der Waals surface area contributed by atoms with Gasteiger partial charge in [0.15, 0.2) is 11.6 Å². The highest BCUT2D eigenvalue weighted by Crippen LogP contribution is 2.17. The summed E-state index contributed by atoms with van der Waals surface area (Å²) in [6, 6.07) is 0. The minimum Gasteiger partial charge on any atom is -0.354 e. The number of aromatic nitrogens is 4. The van der Waals surface area contributed by atoms with Crippen molar-refractivity contribution < 1.29 is 4.39 Å². The summed E-state index contributed by atoms with van der Waals surface area (Å²) in [5.74, 6) is 0.0437. The summed E-state index contributed by atoms with van der Waals surface area (Å²) in [7, 11) is 1.79. The maximum atomic E-state index is 13.5. The average Bonchev–Trinajstić information content (AvgIpc) is 2.76. The molecule has 0 aliphatic heterocycles. The lowest BCUT2D eigenvalue weighted by Gasteiger charge is -2.07. The Bertz CT molecular complexity index is 524. The van der Waals surface area contributed by atoms with Gasteiger partial charge in [-0.1, -0.05) is 6.92 Å². The van der Waals surface area contributed by atoms with E-state index in [0.717, 1.165) is 19.2 Å². The van der Waals surface area contributed by atoms with Crippen LogP contribution in [0.3, 0.4) is 0 Å². The minimum absolute atomic E-state index is 0.136. The number of hydrogen-bond donors (Lipinski definition) is 2. The molecular formula is C11H15FN6. The molecule has 2 heterocycles. The first kappa shape index (κ1) is 12.3. The van der Waals surface area contributed by atoms with Crippen LogP contribution in [0.15, 0.2) is 18.6 Å². The summed E-state index contributed by atoms with van der Waals surface area (Å²) < 4.78 is 15.2. The van der Waals surface area contributed by atoms with Gasteiger partial charge in [0.1, 0.15) is 0 Å². The Hall–Kier alpha value is -2.18. The van der Waals surface area contributed by atoms with Gasteiger partial charge in [-0.05, 0) is 6.42 Å². The van der Waals surface area contributed by atoms with Crippen molar-refractivity contribution in [2.75, 3.05) is 17.2 Å². The molecule has 18 heavy (non-hydrogen) atoms. The fourth-order valence-electron chi connectivity index (χ4n) is 1.40. The molecule has 2 aromatic heterocycles. The molecule has 0 atom stereocenters. The van der Waals surface area contributed by atoms with Crippen molar-refractivity contribution in [1.29, 1.82) is 0 Å². The summed E-state index contributed by atoms with van der Waals surface area (Å²) in [5.41, 5.74) is 0.677. The van der Waals surface area contributed by atoms with E-state index in [1.807, 2.05) is 6.92 Å². The number of halogens is 1. The van der Waals surface area contributed by atoms with Gasteiger partial charge in [-0.2, -0.15) is 10.1 Å². The largest absolute Gasteiger partial charge is 0.354 e. The van der Waals surface area contributed by atoms with Crippen molar-refractivity contribution in [2.45, 2.75) is 13.3 Å². The van der Waals surface area contributed by atoms with E-state index in [1.54, 1.807) is 24.1 Å². The third kappa shape index (κ3) is 2.93. The zero-order valence-electron chi connectivity index (χ0n) is 10.3. The molecule has 6 nitrogen and oxygen atoms in total. The van der Waals surface area contributed by atoms with Gasteiger partial charge < -0.3 is 10.6 Å². The van der Waals surface area contributed by atoms with Crippen molar-refractivity contribution in [1.82, 2.24) is 19.7 Å². The molecule has 0 amide bonds. The molecule has 0 spiro atoms. The molecule has 0 bridgehead atoms. The molecule has 0 aromatic carbocycles. The second-order valence-electron chi connectivity index (χ2n) is 3.84. The number of anilines is 3. The van der Waals surface area contributed by atoms with Crippen LogP contribution in [0, 0.1) is 5.82 Å². The van der Waals surface area contributed by atoms with Crippen LogP contribution >= 0.6 is 0 Å². The zero-order chi connectivity index (χ0) is 13.0. The SMILES string of the molecule is CCCNc1ncc(F)c(Nc2cnn(C)c2)n1. The Morgan fingerprint density at radius 2 is 2.22 bits per heavy atom. The number of rotatable bonds is 5. The van der Waals surface area contributed by atoms with E-state index in [-0.39, 0.29) is 5.82 Å². The molecule has 0 fully saturated rings. The highest BCUT2D eigenvalue weighted by Gasteiger charge is 2.07. The van der Waals surface area contributed by atoms with Crippen LogP contribution in [-0.4, -0.2) is 26.3 Å². The molecule has 2 aromatic rings. The topological polar surface area (TPSA) is 67.7 Å². The molecule has 0 saturated heterocycles. The highest BCUT2D eigenvalue weighted by molar-refractivity contribution is 5.55. The van der Waals surface area contributed by atoms with Crippen LogP contribution < -0.4 is 10.6 Å².